The monoisotopic (exact) mass is 216 g/mol. The standard InChI is InChI=1S/C11H24N2O2/c1-3-14-11(8-12)4-5-13-6-7-15-10(2)9-13/h10-11H,3-9,12H2,1-2H3. The fourth-order valence-electron chi connectivity index (χ4n) is 1.93. The number of hydrogen-bond acceptors (Lipinski definition) is 4. The summed E-state index contributed by atoms with van der Waals surface area (Å²) in [5, 5.41) is 0. The van der Waals surface area contributed by atoms with Crippen LogP contribution in [0.4, 0.5) is 0 Å². The van der Waals surface area contributed by atoms with Crippen LogP contribution in [0.25, 0.3) is 0 Å². The van der Waals surface area contributed by atoms with E-state index in [0.29, 0.717) is 12.6 Å². The first-order chi connectivity index (χ1) is 7.26. The maximum absolute atomic E-state index is 5.63. The summed E-state index contributed by atoms with van der Waals surface area (Å²) >= 11 is 0. The van der Waals surface area contributed by atoms with Crippen molar-refractivity contribution in [3.63, 3.8) is 0 Å². The number of morpholine rings is 1. The summed E-state index contributed by atoms with van der Waals surface area (Å²) in [5.41, 5.74) is 5.63. The Morgan fingerprint density at radius 2 is 2.40 bits per heavy atom. The molecule has 15 heavy (non-hydrogen) atoms. The number of hydrogen-bond donors (Lipinski definition) is 1. The van der Waals surface area contributed by atoms with E-state index in [2.05, 4.69) is 11.8 Å². The maximum atomic E-state index is 5.63. The van der Waals surface area contributed by atoms with Gasteiger partial charge in [0.2, 0.25) is 0 Å². The van der Waals surface area contributed by atoms with Gasteiger partial charge in [0.05, 0.1) is 18.8 Å². The highest BCUT2D eigenvalue weighted by Gasteiger charge is 2.17. The molecule has 2 unspecified atom stereocenters. The van der Waals surface area contributed by atoms with Gasteiger partial charge in [0.15, 0.2) is 0 Å². The maximum Gasteiger partial charge on any atom is 0.0709 e. The highest BCUT2D eigenvalue weighted by molar-refractivity contribution is 4.70. The topological polar surface area (TPSA) is 47.7 Å². The van der Waals surface area contributed by atoms with E-state index in [1.54, 1.807) is 0 Å². The molecule has 0 spiro atoms. The number of ether oxygens (including phenoxy) is 2. The third kappa shape index (κ3) is 4.93. The van der Waals surface area contributed by atoms with Gasteiger partial charge in [-0.3, -0.25) is 4.90 Å². The van der Waals surface area contributed by atoms with Crippen molar-refractivity contribution in [3.05, 3.63) is 0 Å². The Kier molecular flexibility index (Phi) is 6.17. The van der Waals surface area contributed by atoms with Gasteiger partial charge in [-0.1, -0.05) is 0 Å². The molecule has 1 saturated heterocycles. The van der Waals surface area contributed by atoms with E-state index in [0.717, 1.165) is 39.3 Å². The predicted octanol–water partition coefficient (Wildman–Crippen LogP) is 0.461. The van der Waals surface area contributed by atoms with Crippen molar-refractivity contribution >= 4 is 0 Å². The molecule has 4 nitrogen and oxygen atoms in total. The van der Waals surface area contributed by atoms with Gasteiger partial charge in [-0.2, -0.15) is 0 Å². The Hall–Kier alpha value is -0.160. The molecule has 1 aliphatic heterocycles. The molecule has 0 amide bonds. The van der Waals surface area contributed by atoms with E-state index in [9.17, 15) is 0 Å². The summed E-state index contributed by atoms with van der Waals surface area (Å²) < 4.78 is 11.0. The van der Waals surface area contributed by atoms with Crippen LogP contribution in [0, 0.1) is 0 Å². The molecule has 4 heteroatoms. The van der Waals surface area contributed by atoms with E-state index in [-0.39, 0.29) is 6.10 Å². The van der Waals surface area contributed by atoms with Crippen molar-refractivity contribution < 1.29 is 9.47 Å². The first-order valence-corrected chi connectivity index (χ1v) is 5.91. The van der Waals surface area contributed by atoms with Crippen molar-refractivity contribution in [1.82, 2.24) is 4.90 Å². The Morgan fingerprint density at radius 1 is 1.60 bits per heavy atom. The summed E-state index contributed by atoms with van der Waals surface area (Å²) in [6, 6.07) is 0. The highest BCUT2D eigenvalue weighted by atomic mass is 16.5. The van der Waals surface area contributed by atoms with E-state index >= 15 is 0 Å². The summed E-state index contributed by atoms with van der Waals surface area (Å²) in [6.07, 6.45) is 1.60. The molecule has 1 aliphatic rings. The van der Waals surface area contributed by atoms with Gasteiger partial charge in [-0.25, -0.2) is 0 Å². The molecule has 2 N–H and O–H groups in total. The summed E-state index contributed by atoms with van der Waals surface area (Å²) in [4.78, 5) is 2.43. The predicted molar refractivity (Wildman–Crippen MR) is 60.9 cm³/mol. The number of rotatable bonds is 6. The van der Waals surface area contributed by atoms with E-state index < -0.39 is 0 Å². The first kappa shape index (κ1) is 12.9. The summed E-state index contributed by atoms with van der Waals surface area (Å²) in [7, 11) is 0. The molecule has 0 aromatic carbocycles. The van der Waals surface area contributed by atoms with E-state index in [1.807, 2.05) is 6.92 Å². The molecule has 1 heterocycles. The van der Waals surface area contributed by atoms with Crippen molar-refractivity contribution in [2.45, 2.75) is 32.5 Å². The Labute approximate surface area is 92.7 Å². The van der Waals surface area contributed by atoms with Crippen LogP contribution < -0.4 is 5.73 Å². The normalized spacial score (nSPS) is 25.4. The van der Waals surface area contributed by atoms with E-state index in [1.165, 1.54) is 0 Å². The molecule has 0 saturated carbocycles. The molecule has 0 aliphatic carbocycles. The van der Waals surface area contributed by atoms with Crippen LogP contribution in [0.1, 0.15) is 20.3 Å². The summed E-state index contributed by atoms with van der Waals surface area (Å²) in [5.74, 6) is 0. The Morgan fingerprint density at radius 3 is 3.00 bits per heavy atom. The highest BCUT2D eigenvalue weighted by Crippen LogP contribution is 2.06. The zero-order valence-corrected chi connectivity index (χ0v) is 9.95. The van der Waals surface area contributed by atoms with Crippen LogP contribution >= 0.6 is 0 Å². The van der Waals surface area contributed by atoms with Crippen molar-refractivity contribution in [1.29, 1.82) is 0 Å². The SMILES string of the molecule is CCOC(CN)CCN1CCOC(C)C1. The average Bonchev–Trinajstić information content (AvgIpc) is 2.24. The molecular weight excluding hydrogens is 192 g/mol. The second kappa shape index (κ2) is 7.17. The van der Waals surface area contributed by atoms with Crippen LogP contribution in [0.15, 0.2) is 0 Å². The van der Waals surface area contributed by atoms with Gasteiger partial charge < -0.3 is 15.2 Å². The van der Waals surface area contributed by atoms with Gasteiger partial charge >= 0.3 is 0 Å². The molecule has 0 aromatic rings. The molecule has 1 rings (SSSR count). The largest absolute Gasteiger partial charge is 0.377 e. The average molecular weight is 216 g/mol. The van der Waals surface area contributed by atoms with E-state index in [4.69, 9.17) is 15.2 Å². The Balaban J connectivity index is 2.16. The third-order valence-electron chi connectivity index (χ3n) is 2.76. The van der Waals surface area contributed by atoms with Crippen LogP contribution in [0.2, 0.25) is 0 Å². The van der Waals surface area contributed by atoms with Gasteiger partial charge in [0.1, 0.15) is 0 Å². The quantitative estimate of drug-likeness (QED) is 0.701. The van der Waals surface area contributed by atoms with Crippen LogP contribution in [-0.4, -0.2) is 56.5 Å². The van der Waals surface area contributed by atoms with Gasteiger partial charge in [-0.05, 0) is 20.3 Å². The Bertz CT molecular complexity index is 167. The van der Waals surface area contributed by atoms with Crippen molar-refractivity contribution in [2.75, 3.05) is 39.4 Å². The lowest BCUT2D eigenvalue weighted by atomic mass is 10.2. The smallest absolute Gasteiger partial charge is 0.0709 e. The molecule has 0 radical (unpaired) electrons. The zero-order chi connectivity index (χ0) is 11.1. The number of nitrogens with two attached hydrogens (primary N) is 1. The van der Waals surface area contributed by atoms with Gasteiger partial charge in [0.25, 0.3) is 0 Å². The van der Waals surface area contributed by atoms with Gasteiger partial charge in [-0.15, -0.1) is 0 Å². The minimum absolute atomic E-state index is 0.216. The second-order valence-electron chi connectivity index (χ2n) is 4.08. The fraction of sp³-hybridized carbons (Fsp3) is 1.00. The third-order valence-corrected chi connectivity index (χ3v) is 2.76. The summed E-state index contributed by atoms with van der Waals surface area (Å²) in [6.45, 7) is 9.49. The lowest BCUT2D eigenvalue weighted by Gasteiger charge is -2.31. The molecule has 2 atom stereocenters. The molecular formula is C11H24N2O2. The van der Waals surface area contributed by atoms with Gasteiger partial charge in [0, 0.05) is 32.8 Å². The van der Waals surface area contributed by atoms with Crippen LogP contribution in [0.3, 0.4) is 0 Å². The molecule has 1 fully saturated rings. The molecule has 90 valence electrons. The van der Waals surface area contributed by atoms with Crippen LogP contribution in [-0.2, 0) is 9.47 Å². The lowest BCUT2D eigenvalue weighted by molar-refractivity contribution is -0.0253. The minimum atomic E-state index is 0.216. The number of nitrogens with zero attached hydrogens (tertiary/aromatic N) is 1. The zero-order valence-electron chi connectivity index (χ0n) is 9.95. The fourth-order valence-corrected chi connectivity index (χ4v) is 1.93. The molecule has 0 bridgehead atoms. The first-order valence-electron chi connectivity index (χ1n) is 5.91. The lowest BCUT2D eigenvalue weighted by Crippen LogP contribution is -2.42. The second-order valence-corrected chi connectivity index (χ2v) is 4.08. The van der Waals surface area contributed by atoms with Crippen molar-refractivity contribution in [3.8, 4) is 0 Å². The van der Waals surface area contributed by atoms with Crippen LogP contribution in [0.5, 0.6) is 0 Å². The minimum Gasteiger partial charge on any atom is -0.377 e. The molecule has 0 aromatic heterocycles. The van der Waals surface area contributed by atoms with Crippen molar-refractivity contribution in [2.24, 2.45) is 5.73 Å².